The number of Topliss-reactive ketones (excluding diaryl/α,β-unsaturated/α-hetero) is 2. The van der Waals surface area contributed by atoms with Crippen LogP contribution in [0.5, 0.6) is 0 Å². The van der Waals surface area contributed by atoms with Gasteiger partial charge in [0.2, 0.25) is 0 Å². The number of rotatable bonds is 10. The van der Waals surface area contributed by atoms with Crippen LogP contribution in [0.15, 0.2) is 11.3 Å². The Balaban J connectivity index is 1.45. The Morgan fingerprint density at radius 2 is 1.63 bits per heavy atom. The molecule has 4 aliphatic rings. The van der Waals surface area contributed by atoms with E-state index in [9.17, 15) is 14.4 Å². The number of ketones is 2. The predicted molar refractivity (Wildman–Crippen MR) is 139 cm³/mol. The van der Waals surface area contributed by atoms with Crippen molar-refractivity contribution in [1.29, 1.82) is 0 Å². The molecule has 35 heavy (non-hydrogen) atoms. The monoisotopic (exact) mass is 484 g/mol. The minimum atomic E-state index is -0.232. The molecular weight excluding hydrogens is 436 g/mol. The van der Waals surface area contributed by atoms with Crippen LogP contribution in [-0.4, -0.2) is 17.5 Å². The predicted octanol–water partition coefficient (Wildman–Crippen LogP) is 7.74. The molecule has 1 unspecified atom stereocenters. The molecule has 4 nitrogen and oxygen atoms in total. The number of ether oxygens (including phenoxy) is 1. The first-order valence-corrected chi connectivity index (χ1v) is 14.8. The van der Waals surface area contributed by atoms with Crippen LogP contribution in [0, 0.1) is 34.5 Å². The van der Waals surface area contributed by atoms with E-state index >= 15 is 0 Å². The third kappa shape index (κ3) is 4.92. The first-order valence-electron chi connectivity index (χ1n) is 14.8. The van der Waals surface area contributed by atoms with E-state index in [0.29, 0.717) is 48.1 Å². The lowest BCUT2D eigenvalue weighted by Crippen LogP contribution is -2.52. The molecule has 0 bridgehead atoms. The number of esters is 1. The van der Waals surface area contributed by atoms with Gasteiger partial charge in [0.05, 0.1) is 0 Å². The summed E-state index contributed by atoms with van der Waals surface area (Å²) in [6, 6.07) is 0. The van der Waals surface area contributed by atoms with Gasteiger partial charge in [0.1, 0.15) is 5.78 Å². The number of fused-ring (bicyclic) bond motifs is 5. The lowest BCUT2D eigenvalue weighted by molar-refractivity contribution is -0.145. The number of carbonyl (C=O) groups is 3. The minimum Gasteiger partial charge on any atom is -0.423 e. The van der Waals surface area contributed by atoms with Crippen LogP contribution in [0.1, 0.15) is 130 Å². The molecule has 0 aromatic heterocycles. The SMILES string of the molecule is CCCCCCCCCC(=O)OC1=C2CC[C@@H]3[C@@H](CC[C@]4(C)C(=O)CC(CC)[C@@H]34)[C@@]2(C)CCC1=O. The molecule has 0 amide bonds. The first kappa shape index (κ1) is 26.6. The average Bonchev–Trinajstić information content (AvgIpc) is 3.10. The fourth-order valence-corrected chi connectivity index (χ4v) is 8.62. The minimum absolute atomic E-state index is 0.0203. The van der Waals surface area contributed by atoms with Crippen molar-refractivity contribution in [3.8, 4) is 0 Å². The van der Waals surface area contributed by atoms with E-state index in [1.807, 2.05) is 0 Å². The van der Waals surface area contributed by atoms with Gasteiger partial charge in [-0.3, -0.25) is 14.4 Å². The number of hydrogen-bond acceptors (Lipinski definition) is 4. The van der Waals surface area contributed by atoms with Crippen molar-refractivity contribution in [2.75, 3.05) is 0 Å². The Morgan fingerprint density at radius 1 is 0.914 bits per heavy atom. The molecule has 3 saturated carbocycles. The van der Waals surface area contributed by atoms with Gasteiger partial charge in [0.25, 0.3) is 0 Å². The van der Waals surface area contributed by atoms with Gasteiger partial charge in [-0.15, -0.1) is 0 Å². The van der Waals surface area contributed by atoms with E-state index in [1.165, 1.54) is 32.1 Å². The molecular formula is C31H48O4. The molecule has 0 aromatic rings. The third-order valence-electron chi connectivity index (χ3n) is 10.6. The number of hydrogen-bond donors (Lipinski definition) is 0. The Kier molecular flexibility index (Phi) is 8.28. The highest BCUT2D eigenvalue weighted by atomic mass is 16.5. The van der Waals surface area contributed by atoms with Crippen molar-refractivity contribution in [1.82, 2.24) is 0 Å². The number of unbranched alkanes of at least 4 members (excludes halogenated alkanes) is 6. The molecule has 0 radical (unpaired) electrons. The van der Waals surface area contributed by atoms with Gasteiger partial charge >= 0.3 is 5.97 Å². The summed E-state index contributed by atoms with van der Waals surface area (Å²) < 4.78 is 5.87. The van der Waals surface area contributed by atoms with Crippen LogP contribution < -0.4 is 0 Å². The van der Waals surface area contributed by atoms with E-state index in [-0.39, 0.29) is 22.6 Å². The van der Waals surface area contributed by atoms with Crippen LogP contribution in [0.2, 0.25) is 0 Å². The van der Waals surface area contributed by atoms with Crippen molar-refractivity contribution in [2.24, 2.45) is 34.5 Å². The summed E-state index contributed by atoms with van der Waals surface area (Å²) in [6.45, 7) is 9.03. The van der Waals surface area contributed by atoms with Gasteiger partial charge in [0, 0.05) is 24.7 Å². The average molecular weight is 485 g/mol. The highest BCUT2D eigenvalue weighted by Gasteiger charge is 2.62. The highest BCUT2D eigenvalue weighted by molar-refractivity contribution is 5.97. The Bertz CT molecular complexity index is 856. The van der Waals surface area contributed by atoms with Crippen molar-refractivity contribution in [3.05, 3.63) is 11.3 Å². The molecule has 3 fully saturated rings. The molecule has 4 rings (SSSR count). The molecule has 6 atom stereocenters. The van der Waals surface area contributed by atoms with E-state index < -0.39 is 0 Å². The standard InChI is InChI=1S/C31H48O4/c1-5-7-8-9-10-11-12-13-27(34)35-29-24-15-14-22-23(30(24,3)19-17-25(29)32)16-18-31(4)26(33)20-21(6-2)28(22)31/h21-23,28H,5-20H2,1-4H3/t21?,22-,23-,28+,30-,31-/m1/s1. The molecule has 4 heteroatoms. The summed E-state index contributed by atoms with van der Waals surface area (Å²) in [5.74, 6) is 2.66. The number of carbonyl (C=O) groups excluding carboxylic acids is 3. The van der Waals surface area contributed by atoms with Gasteiger partial charge in [-0.1, -0.05) is 72.6 Å². The van der Waals surface area contributed by atoms with Gasteiger partial charge in [0.15, 0.2) is 11.5 Å². The van der Waals surface area contributed by atoms with Gasteiger partial charge in [-0.2, -0.15) is 0 Å². The molecule has 0 aliphatic heterocycles. The molecule has 0 N–H and O–H groups in total. The molecule has 0 saturated heterocycles. The molecule has 0 heterocycles. The van der Waals surface area contributed by atoms with Crippen molar-refractivity contribution in [3.63, 3.8) is 0 Å². The normalized spacial score (nSPS) is 36.6. The highest BCUT2D eigenvalue weighted by Crippen LogP contribution is 2.66. The zero-order chi connectivity index (χ0) is 25.2. The fraction of sp³-hybridized carbons (Fsp3) is 0.839. The molecule has 4 aliphatic carbocycles. The maximum atomic E-state index is 13.0. The number of allylic oxidation sites excluding steroid dienone is 1. The molecule has 0 spiro atoms. The fourth-order valence-electron chi connectivity index (χ4n) is 8.62. The topological polar surface area (TPSA) is 60.4 Å². The summed E-state index contributed by atoms with van der Waals surface area (Å²) in [5.41, 5.74) is 0.871. The van der Waals surface area contributed by atoms with Gasteiger partial charge < -0.3 is 4.74 Å². The second-order valence-corrected chi connectivity index (χ2v) is 12.6. The lowest BCUT2D eigenvalue weighted by atomic mass is 9.46. The van der Waals surface area contributed by atoms with Crippen LogP contribution in [0.3, 0.4) is 0 Å². The summed E-state index contributed by atoms with van der Waals surface area (Å²) in [6.07, 6.45) is 15.6. The van der Waals surface area contributed by atoms with Crippen LogP contribution in [0.4, 0.5) is 0 Å². The summed E-state index contributed by atoms with van der Waals surface area (Å²) in [4.78, 5) is 38.7. The van der Waals surface area contributed by atoms with Crippen molar-refractivity contribution in [2.45, 2.75) is 130 Å². The Morgan fingerprint density at radius 3 is 2.34 bits per heavy atom. The summed E-state index contributed by atoms with van der Waals surface area (Å²) in [7, 11) is 0. The summed E-state index contributed by atoms with van der Waals surface area (Å²) in [5, 5.41) is 0. The first-order chi connectivity index (χ1) is 16.8. The molecule has 196 valence electrons. The zero-order valence-corrected chi connectivity index (χ0v) is 22.8. The third-order valence-corrected chi connectivity index (χ3v) is 10.6. The summed E-state index contributed by atoms with van der Waals surface area (Å²) >= 11 is 0. The van der Waals surface area contributed by atoms with Gasteiger partial charge in [-0.05, 0) is 73.2 Å². The van der Waals surface area contributed by atoms with Crippen LogP contribution in [-0.2, 0) is 19.1 Å². The maximum absolute atomic E-state index is 13.0. The Labute approximate surface area is 213 Å². The van der Waals surface area contributed by atoms with Crippen LogP contribution in [0.25, 0.3) is 0 Å². The maximum Gasteiger partial charge on any atom is 0.311 e. The van der Waals surface area contributed by atoms with E-state index in [2.05, 4.69) is 27.7 Å². The lowest BCUT2D eigenvalue weighted by Gasteiger charge is -2.57. The Hall–Kier alpha value is -1.45. The molecule has 0 aromatic carbocycles. The van der Waals surface area contributed by atoms with Crippen LogP contribution >= 0.6 is 0 Å². The zero-order valence-electron chi connectivity index (χ0n) is 22.8. The van der Waals surface area contributed by atoms with E-state index in [4.69, 9.17) is 4.74 Å². The second kappa shape index (κ2) is 10.9. The largest absolute Gasteiger partial charge is 0.423 e. The smallest absolute Gasteiger partial charge is 0.311 e. The second-order valence-electron chi connectivity index (χ2n) is 12.6. The van der Waals surface area contributed by atoms with E-state index in [1.54, 1.807) is 0 Å². The van der Waals surface area contributed by atoms with Crippen molar-refractivity contribution >= 4 is 17.5 Å². The van der Waals surface area contributed by atoms with E-state index in [0.717, 1.165) is 63.4 Å². The van der Waals surface area contributed by atoms with Gasteiger partial charge in [-0.25, -0.2) is 0 Å². The quantitative estimate of drug-likeness (QED) is 0.235. The van der Waals surface area contributed by atoms with Crippen molar-refractivity contribution < 1.29 is 19.1 Å².